The van der Waals surface area contributed by atoms with Crippen molar-refractivity contribution < 1.29 is 14.3 Å². The minimum atomic E-state index is -0.735. The van der Waals surface area contributed by atoms with Crippen LogP contribution in [-0.4, -0.2) is 12.7 Å². The van der Waals surface area contributed by atoms with Crippen LogP contribution in [0.4, 0.5) is 5.69 Å². The van der Waals surface area contributed by atoms with Gasteiger partial charge in [-0.25, -0.2) is 0 Å². The molecule has 20 heavy (non-hydrogen) atoms. The zero-order valence-electron chi connectivity index (χ0n) is 10.5. The molecule has 1 amide bonds. The number of carbonyl (C=O) groups is 1. The summed E-state index contributed by atoms with van der Waals surface area (Å²) in [5.41, 5.74) is 1.38. The summed E-state index contributed by atoms with van der Waals surface area (Å²) in [6.45, 7) is 0.203. The van der Waals surface area contributed by atoms with Crippen LogP contribution in [0.1, 0.15) is 10.9 Å². The Kier molecular flexibility index (Phi) is 3.48. The molecule has 3 rings (SSSR count). The second kappa shape index (κ2) is 5.43. The highest BCUT2D eigenvalue weighted by molar-refractivity contribution is 6.32. The summed E-state index contributed by atoms with van der Waals surface area (Å²) in [6.07, 6.45) is 0. The molecule has 4 nitrogen and oxygen atoms in total. The lowest BCUT2D eigenvalue weighted by Crippen LogP contribution is -2.17. The quantitative estimate of drug-likeness (QED) is 0.882. The van der Waals surface area contributed by atoms with Gasteiger partial charge in [0.15, 0.2) is 11.5 Å². The van der Waals surface area contributed by atoms with Gasteiger partial charge in [0.2, 0.25) is 12.7 Å². The average Bonchev–Trinajstić information content (AvgIpc) is 2.95. The number of carbonyl (C=O) groups excluding carboxylic acids is 1. The van der Waals surface area contributed by atoms with Crippen LogP contribution in [0, 0.1) is 0 Å². The third kappa shape index (κ3) is 2.56. The molecule has 1 aliphatic rings. The molecule has 1 aliphatic heterocycles. The van der Waals surface area contributed by atoms with Crippen molar-refractivity contribution in [3.05, 3.63) is 54.1 Å². The van der Waals surface area contributed by atoms with Gasteiger partial charge in [0.25, 0.3) is 0 Å². The van der Waals surface area contributed by atoms with Crippen LogP contribution >= 0.6 is 11.6 Å². The number of nitrogens with one attached hydrogen (secondary N) is 1. The minimum Gasteiger partial charge on any atom is -0.454 e. The molecule has 1 unspecified atom stereocenters. The standard InChI is InChI=1S/C15H12ClNO3/c16-14(10-4-2-1-3-5-10)15(18)17-11-6-7-12-13(8-11)20-9-19-12/h1-8,14H,9H2,(H,17,18). The third-order valence-electron chi connectivity index (χ3n) is 2.96. The van der Waals surface area contributed by atoms with E-state index in [-0.39, 0.29) is 12.7 Å². The second-order valence-electron chi connectivity index (χ2n) is 4.33. The third-order valence-corrected chi connectivity index (χ3v) is 3.41. The molecular weight excluding hydrogens is 278 g/mol. The Hall–Kier alpha value is -2.20. The second-order valence-corrected chi connectivity index (χ2v) is 4.77. The fourth-order valence-electron chi connectivity index (χ4n) is 1.95. The SMILES string of the molecule is O=C(Nc1ccc2c(c1)OCO2)C(Cl)c1ccccc1. The summed E-state index contributed by atoms with van der Waals surface area (Å²) in [5.74, 6) is 1.01. The van der Waals surface area contributed by atoms with Crippen molar-refractivity contribution in [2.75, 3.05) is 12.1 Å². The Bertz CT molecular complexity index is 630. The van der Waals surface area contributed by atoms with Crippen LogP contribution in [-0.2, 0) is 4.79 Å². The van der Waals surface area contributed by atoms with Gasteiger partial charge in [0, 0.05) is 11.8 Å². The first kappa shape index (κ1) is 12.8. The predicted octanol–water partition coefficient (Wildman–Crippen LogP) is 3.33. The summed E-state index contributed by atoms with van der Waals surface area (Å²) >= 11 is 6.16. The summed E-state index contributed by atoms with van der Waals surface area (Å²) in [6, 6.07) is 14.4. The molecule has 0 saturated heterocycles. The van der Waals surface area contributed by atoms with E-state index in [9.17, 15) is 4.79 Å². The van der Waals surface area contributed by atoms with Crippen LogP contribution in [0.3, 0.4) is 0 Å². The van der Waals surface area contributed by atoms with E-state index < -0.39 is 5.38 Å². The number of anilines is 1. The van der Waals surface area contributed by atoms with Gasteiger partial charge >= 0.3 is 0 Å². The van der Waals surface area contributed by atoms with E-state index in [2.05, 4.69) is 5.32 Å². The molecule has 0 spiro atoms. The van der Waals surface area contributed by atoms with Gasteiger partial charge < -0.3 is 14.8 Å². The molecule has 0 radical (unpaired) electrons. The summed E-state index contributed by atoms with van der Waals surface area (Å²) in [7, 11) is 0. The maximum atomic E-state index is 12.1. The van der Waals surface area contributed by atoms with Crippen LogP contribution in [0.25, 0.3) is 0 Å². The van der Waals surface area contributed by atoms with Gasteiger partial charge in [-0.05, 0) is 17.7 Å². The largest absolute Gasteiger partial charge is 0.454 e. The number of rotatable bonds is 3. The number of halogens is 1. The number of hydrogen-bond donors (Lipinski definition) is 1. The van der Waals surface area contributed by atoms with E-state index in [4.69, 9.17) is 21.1 Å². The van der Waals surface area contributed by atoms with Crippen molar-refractivity contribution in [3.63, 3.8) is 0 Å². The summed E-state index contributed by atoms with van der Waals surface area (Å²) in [5, 5.41) is 2.03. The van der Waals surface area contributed by atoms with Crippen LogP contribution in [0.15, 0.2) is 48.5 Å². The summed E-state index contributed by atoms with van der Waals surface area (Å²) < 4.78 is 10.5. The zero-order valence-corrected chi connectivity index (χ0v) is 11.3. The molecule has 0 aromatic heterocycles. The van der Waals surface area contributed by atoms with E-state index in [1.807, 2.05) is 30.3 Å². The maximum absolute atomic E-state index is 12.1. The van der Waals surface area contributed by atoms with Gasteiger partial charge in [-0.2, -0.15) is 0 Å². The van der Waals surface area contributed by atoms with E-state index in [1.54, 1.807) is 18.2 Å². The Morgan fingerprint density at radius 2 is 1.85 bits per heavy atom. The molecule has 0 bridgehead atoms. The Balaban J connectivity index is 1.73. The Morgan fingerprint density at radius 1 is 1.10 bits per heavy atom. The van der Waals surface area contributed by atoms with Gasteiger partial charge in [0.05, 0.1) is 0 Å². The van der Waals surface area contributed by atoms with Crippen molar-refractivity contribution in [2.45, 2.75) is 5.38 Å². The molecule has 2 aromatic rings. The normalized spacial score (nSPS) is 13.8. The lowest BCUT2D eigenvalue weighted by molar-refractivity contribution is -0.116. The van der Waals surface area contributed by atoms with Gasteiger partial charge in [-0.1, -0.05) is 30.3 Å². The zero-order chi connectivity index (χ0) is 13.9. The highest BCUT2D eigenvalue weighted by Crippen LogP contribution is 2.34. The van der Waals surface area contributed by atoms with Gasteiger partial charge in [-0.3, -0.25) is 4.79 Å². The number of benzene rings is 2. The van der Waals surface area contributed by atoms with Crippen molar-refractivity contribution in [2.24, 2.45) is 0 Å². The first-order valence-corrected chi connectivity index (χ1v) is 6.57. The number of ether oxygens (including phenoxy) is 2. The van der Waals surface area contributed by atoms with Gasteiger partial charge in [0.1, 0.15) is 5.38 Å². The smallest absolute Gasteiger partial charge is 0.246 e. The van der Waals surface area contributed by atoms with Gasteiger partial charge in [-0.15, -0.1) is 11.6 Å². The molecular formula is C15H12ClNO3. The fourth-order valence-corrected chi connectivity index (χ4v) is 2.15. The van der Waals surface area contributed by atoms with Crippen molar-refractivity contribution in [1.29, 1.82) is 0 Å². The van der Waals surface area contributed by atoms with E-state index >= 15 is 0 Å². The van der Waals surface area contributed by atoms with Crippen LogP contribution < -0.4 is 14.8 Å². The molecule has 0 aliphatic carbocycles. The number of hydrogen-bond acceptors (Lipinski definition) is 3. The number of amides is 1. The molecule has 1 heterocycles. The lowest BCUT2D eigenvalue weighted by Gasteiger charge is -2.11. The van der Waals surface area contributed by atoms with Crippen LogP contribution in [0.2, 0.25) is 0 Å². The molecule has 1 atom stereocenters. The molecule has 2 aromatic carbocycles. The first-order valence-electron chi connectivity index (χ1n) is 6.13. The monoisotopic (exact) mass is 289 g/mol. The van der Waals surface area contributed by atoms with Crippen molar-refractivity contribution in [1.82, 2.24) is 0 Å². The predicted molar refractivity (Wildman–Crippen MR) is 76.2 cm³/mol. The topological polar surface area (TPSA) is 47.6 Å². The molecule has 0 saturated carbocycles. The molecule has 1 N–H and O–H groups in total. The first-order chi connectivity index (χ1) is 9.74. The lowest BCUT2D eigenvalue weighted by atomic mass is 10.1. The number of fused-ring (bicyclic) bond motifs is 1. The number of alkyl halides is 1. The maximum Gasteiger partial charge on any atom is 0.246 e. The van der Waals surface area contributed by atoms with E-state index in [0.717, 1.165) is 5.56 Å². The van der Waals surface area contributed by atoms with Crippen molar-refractivity contribution in [3.8, 4) is 11.5 Å². The van der Waals surface area contributed by atoms with E-state index in [0.29, 0.717) is 17.2 Å². The summed E-state index contributed by atoms with van der Waals surface area (Å²) in [4.78, 5) is 12.1. The molecule has 5 heteroatoms. The average molecular weight is 290 g/mol. The highest BCUT2D eigenvalue weighted by atomic mass is 35.5. The minimum absolute atomic E-state index is 0.203. The highest BCUT2D eigenvalue weighted by Gasteiger charge is 2.19. The Labute approximate surface area is 121 Å². The van der Waals surface area contributed by atoms with E-state index in [1.165, 1.54) is 0 Å². The molecule has 102 valence electrons. The van der Waals surface area contributed by atoms with Crippen LogP contribution in [0.5, 0.6) is 11.5 Å². The molecule has 0 fully saturated rings. The van der Waals surface area contributed by atoms with Crippen molar-refractivity contribution >= 4 is 23.2 Å². The fraction of sp³-hybridized carbons (Fsp3) is 0.133. The Morgan fingerprint density at radius 3 is 2.65 bits per heavy atom.